The normalized spacial score (nSPS) is 10.5. The smallest absolute Gasteiger partial charge is 0.339 e. The number of carboxylic acid groups (broad SMARTS) is 1. The van der Waals surface area contributed by atoms with Gasteiger partial charge >= 0.3 is 5.97 Å². The van der Waals surface area contributed by atoms with E-state index in [1.165, 1.54) is 15.8 Å². The fourth-order valence-electron chi connectivity index (χ4n) is 1.82. The van der Waals surface area contributed by atoms with Gasteiger partial charge in [-0.05, 0) is 6.07 Å². The molecule has 106 valence electrons. The van der Waals surface area contributed by atoms with Gasteiger partial charge in [-0.3, -0.25) is 14.2 Å². The predicted molar refractivity (Wildman–Crippen MR) is 69.4 cm³/mol. The van der Waals surface area contributed by atoms with Crippen LogP contribution >= 0.6 is 0 Å². The molecular formula is C12H15N5O3. The average Bonchev–Trinajstić information content (AvgIpc) is 3.04. The highest BCUT2D eigenvalue weighted by atomic mass is 16.4. The molecular weight excluding hydrogens is 262 g/mol. The van der Waals surface area contributed by atoms with Gasteiger partial charge in [0.15, 0.2) is 0 Å². The van der Waals surface area contributed by atoms with Crippen LogP contribution in [0.25, 0.3) is 0 Å². The Labute approximate surface area is 115 Å². The van der Waals surface area contributed by atoms with Crippen molar-refractivity contribution in [2.45, 2.75) is 6.54 Å². The Morgan fingerprint density at radius 3 is 2.75 bits per heavy atom. The third kappa shape index (κ3) is 2.68. The molecule has 0 aliphatic heterocycles. The van der Waals surface area contributed by atoms with Crippen molar-refractivity contribution in [2.75, 3.05) is 13.6 Å². The van der Waals surface area contributed by atoms with Crippen molar-refractivity contribution < 1.29 is 14.7 Å². The molecule has 0 radical (unpaired) electrons. The molecule has 0 aliphatic rings. The molecule has 2 aromatic heterocycles. The van der Waals surface area contributed by atoms with E-state index < -0.39 is 5.97 Å². The van der Waals surface area contributed by atoms with Crippen molar-refractivity contribution in [2.24, 2.45) is 7.05 Å². The molecule has 0 unspecified atom stereocenters. The summed E-state index contributed by atoms with van der Waals surface area (Å²) in [6.07, 6.45) is 4.63. The third-order valence-electron chi connectivity index (χ3n) is 2.94. The molecule has 0 saturated carbocycles. The van der Waals surface area contributed by atoms with Crippen molar-refractivity contribution in [1.29, 1.82) is 0 Å². The molecule has 1 amide bonds. The van der Waals surface area contributed by atoms with Gasteiger partial charge in [0.05, 0.1) is 12.7 Å². The number of carbonyl (C=O) groups is 2. The maximum absolute atomic E-state index is 12.3. The topological polar surface area (TPSA) is 93.2 Å². The molecule has 0 aromatic carbocycles. The zero-order valence-corrected chi connectivity index (χ0v) is 11.2. The second-order valence-corrected chi connectivity index (χ2v) is 4.33. The summed E-state index contributed by atoms with van der Waals surface area (Å²) in [4.78, 5) is 24.8. The SMILES string of the molecule is CN(CCn1cccn1)C(=O)c1c(C(=O)O)cnn1C. The lowest BCUT2D eigenvalue weighted by Crippen LogP contribution is -2.32. The van der Waals surface area contributed by atoms with Gasteiger partial charge in [0, 0.05) is 33.0 Å². The van der Waals surface area contributed by atoms with Gasteiger partial charge in [-0.1, -0.05) is 0 Å². The molecule has 0 atom stereocenters. The summed E-state index contributed by atoms with van der Waals surface area (Å²) in [7, 11) is 3.16. The number of rotatable bonds is 5. The summed E-state index contributed by atoms with van der Waals surface area (Å²) in [6, 6.07) is 1.80. The van der Waals surface area contributed by atoms with Crippen LogP contribution in [0, 0.1) is 0 Å². The van der Waals surface area contributed by atoms with Gasteiger partial charge in [-0.25, -0.2) is 4.79 Å². The van der Waals surface area contributed by atoms with Gasteiger partial charge in [0.2, 0.25) is 0 Å². The number of aryl methyl sites for hydroxylation is 1. The third-order valence-corrected chi connectivity index (χ3v) is 2.94. The number of likely N-dealkylation sites (N-methyl/N-ethyl adjacent to an activating group) is 1. The molecule has 0 bridgehead atoms. The van der Waals surface area contributed by atoms with Crippen molar-refractivity contribution in [1.82, 2.24) is 24.5 Å². The van der Waals surface area contributed by atoms with E-state index in [2.05, 4.69) is 10.2 Å². The lowest BCUT2D eigenvalue weighted by atomic mass is 10.2. The van der Waals surface area contributed by atoms with Crippen LogP contribution in [0.15, 0.2) is 24.7 Å². The summed E-state index contributed by atoms with van der Waals surface area (Å²) >= 11 is 0. The number of aromatic nitrogens is 4. The second-order valence-electron chi connectivity index (χ2n) is 4.33. The number of aromatic carboxylic acids is 1. The van der Waals surface area contributed by atoms with Crippen molar-refractivity contribution in [3.8, 4) is 0 Å². The molecule has 0 aliphatic carbocycles. The first-order valence-corrected chi connectivity index (χ1v) is 5.99. The summed E-state index contributed by atoms with van der Waals surface area (Å²) in [5.41, 5.74) is -0.0242. The predicted octanol–water partition coefficient (Wildman–Crippen LogP) is 0.0870. The summed E-state index contributed by atoms with van der Waals surface area (Å²) in [6.45, 7) is 0.959. The number of hydrogen-bond donors (Lipinski definition) is 1. The molecule has 8 nitrogen and oxygen atoms in total. The van der Waals surface area contributed by atoms with E-state index in [-0.39, 0.29) is 17.2 Å². The maximum atomic E-state index is 12.3. The Morgan fingerprint density at radius 1 is 1.40 bits per heavy atom. The molecule has 0 fully saturated rings. The average molecular weight is 277 g/mol. The molecule has 0 spiro atoms. The molecule has 2 aromatic rings. The number of carbonyl (C=O) groups excluding carboxylic acids is 1. The minimum Gasteiger partial charge on any atom is -0.478 e. The number of amides is 1. The van der Waals surface area contributed by atoms with Crippen molar-refractivity contribution >= 4 is 11.9 Å². The van der Waals surface area contributed by atoms with Crippen LogP contribution in [0.3, 0.4) is 0 Å². The molecule has 2 heterocycles. The summed E-state index contributed by atoms with van der Waals surface area (Å²) in [5, 5.41) is 16.9. The minimum atomic E-state index is -1.16. The Balaban J connectivity index is 2.10. The first-order chi connectivity index (χ1) is 9.50. The zero-order chi connectivity index (χ0) is 14.7. The fraction of sp³-hybridized carbons (Fsp3) is 0.333. The first-order valence-electron chi connectivity index (χ1n) is 5.99. The van der Waals surface area contributed by atoms with E-state index >= 15 is 0 Å². The Morgan fingerprint density at radius 2 is 2.15 bits per heavy atom. The van der Waals surface area contributed by atoms with Gasteiger partial charge in [-0.2, -0.15) is 10.2 Å². The largest absolute Gasteiger partial charge is 0.478 e. The van der Waals surface area contributed by atoms with Crippen LogP contribution in [0.4, 0.5) is 0 Å². The summed E-state index contributed by atoms with van der Waals surface area (Å²) in [5.74, 6) is -1.54. The highest BCUT2D eigenvalue weighted by Gasteiger charge is 2.24. The maximum Gasteiger partial charge on any atom is 0.339 e. The minimum absolute atomic E-state index is 0.0699. The van der Waals surface area contributed by atoms with E-state index in [1.807, 2.05) is 0 Å². The standard InChI is InChI=1S/C12H15N5O3/c1-15(6-7-17-5-3-4-13-17)11(18)10-9(12(19)20)8-14-16(10)2/h3-5,8H,6-7H2,1-2H3,(H,19,20). The van der Waals surface area contributed by atoms with Crippen LogP contribution in [-0.2, 0) is 13.6 Å². The fourth-order valence-corrected chi connectivity index (χ4v) is 1.82. The quantitative estimate of drug-likeness (QED) is 0.835. The van der Waals surface area contributed by atoms with Gasteiger partial charge in [0.1, 0.15) is 11.3 Å². The number of nitrogens with zero attached hydrogens (tertiary/aromatic N) is 5. The highest BCUT2D eigenvalue weighted by Crippen LogP contribution is 2.10. The Hall–Kier alpha value is -2.64. The van der Waals surface area contributed by atoms with Crippen LogP contribution in [0.5, 0.6) is 0 Å². The van der Waals surface area contributed by atoms with Crippen molar-refractivity contribution in [3.05, 3.63) is 35.9 Å². The van der Waals surface area contributed by atoms with E-state index in [9.17, 15) is 9.59 Å². The van der Waals surface area contributed by atoms with Gasteiger partial charge in [0.25, 0.3) is 5.91 Å². The van der Waals surface area contributed by atoms with E-state index in [1.54, 1.807) is 37.2 Å². The molecule has 20 heavy (non-hydrogen) atoms. The molecule has 1 N–H and O–H groups in total. The van der Waals surface area contributed by atoms with E-state index in [4.69, 9.17) is 5.11 Å². The lowest BCUT2D eigenvalue weighted by Gasteiger charge is -2.17. The number of hydrogen-bond acceptors (Lipinski definition) is 4. The van der Waals surface area contributed by atoms with Crippen LogP contribution in [0.1, 0.15) is 20.8 Å². The van der Waals surface area contributed by atoms with Crippen molar-refractivity contribution in [3.63, 3.8) is 0 Å². The van der Waals surface area contributed by atoms with Gasteiger partial charge < -0.3 is 10.0 Å². The van der Waals surface area contributed by atoms with E-state index in [0.717, 1.165) is 0 Å². The van der Waals surface area contributed by atoms with Crippen LogP contribution < -0.4 is 0 Å². The van der Waals surface area contributed by atoms with Crippen LogP contribution in [-0.4, -0.2) is 55.0 Å². The Bertz CT molecular complexity index is 617. The summed E-state index contributed by atoms with van der Waals surface area (Å²) < 4.78 is 2.97. The second kappa shape index (κ2) is 5.55. The van der Waals surface area contributed by atoms with Crippen LogP contribution in [0.2, 0.25) is 0 Å². The molecule has 0 saturated heterocycles. The highest BCUT2D eigenvalue weighted by molar-refractivity contribution is 6.03. The lowest BCUT2D eigenvalue weighted by molar-refractivity contribution is 0.0678. The van der Waals surface area contributed by atoms with E-state index in [0.29, 0.717) is 13.1 Å². The Kier molecular flexibility index (Phi) is 3.83. The molecule has 2 rings (SSSR count). The molecule has 8 heteroatoms. The monoisotopic (exact) mass is 277 g/mol. The number of carboxylic acids is 1. The first kappa shape index (κ1) is 13.8. The van der Waals surface area contributed by atoms with Gasteiger partial charge in [-0.15, -0.1) is 0 Å². The zero-order valence-electron chi connectivity index (χ0n) is 11.2.